The monoisotopic (exact) mass is 282 g/mol. The number of benzene rings is 1. The van der Waals surface area contributed by atoms with Crippen LogP contribution in [0.15, 0.2) is 36.8 Å². The topological polar surface area (TPSA) is 44.1 Å². The summed E-state index contributed by atoms with van der Waals surface area (Å²) in [7, 11) is 0. The number of hydrogen-bond acceptors (Lipinski definition) is 3. The fourth-order valence-corrected chi connectivity index (χ4v) is 3.52. The van der Waals surface area contributed by atoms with Crippen molar-refractivity contribution < 1.29 is 9.53 Å². The largest absolute Gasteiger partial charge is 0.381 e. The van der Waals surface area contributed by atoms with Gasteiger partial charge in [0.2, 0.25) is 0 Å². The van der Waals surface area contributed by atoms with E-state index in [9.17, 15) is 4.79 Å². The predicted molar refractivity (Wildman–Crippen MR) is 79.0 cm³/mol. The molecule has 2 aromatic rings. The summed E-state index contributed by atoms with van der Waals surface area (Å²) in [6.07, 6.45) is 6.02. The van der Waals surface area contributed by atoms with Gasteiger partial charge >= 0.3 is 0 Å². The number of carbonyl (C=O) groups excluding carboxylic acids is 1. The van der Waals surface area contributed by atoms with Gasteiger partial charge in [0, 0.05) is 31.1 Å². The molecule has 0 spiro atoms. The lowest BCUT2D eigenvalue weighted by molar-refractivity contribution is -0.126. The molecule has 4 rings (SSSR count). The molecule has 0 amide bonds. The normalized spacial score (nSPS) is 21.0. The zero-order valence-corrected chi connectivity index (χ0v) is 11.9. The summed E-state index contributed by atoms with van der Waals surface area (Å²) < 4.78 is 7.49. The zero-order valence-electron chi connectivity index (χ0n) is 11.9. The van der Waals surface area contributed by atoms with Crippen LogP contribution in [-0.4, -0.2) is 28.5 Å². The van der Waals surface area contributed by atoms with Gasteiger partial charge in [-0.05, 0) is 18.4 Å². The molecular weight excluding hydrogens is 264 g/mol. The number of nitrogens with zero attached hydrogens (tertiary/aromatic N) is 2. The van der Waals surface area contributed by atoms with Crippen LogP contribution in [0.2, 0.25) is 0 Å². The molecule has 0 aliphatic carbocycles. The first-order valence-corrected chi connectivity index (χ1v) is 7.56. The molecule has 1 aromatic carbocycles. The van der Waals surface area contributed by atoms with E-state index >= 15 is 0 Å². The average Bonchev–Trinajstić information content (AvgIpc) is 3.11. The fraction of sp³-hybridized carbons (Fsp3) is 0.412. The van der Waals surface area contributed by atoms with Gasteiger partial charge in [-0.3, -0.25) is 4.79 Å². The lowest BCUT2D eigenvalue weighted by atomic mass is 9.89. The minimum absolute atomic E-state index is 0.106. The maximum absolute atomic E-state index is 12.6. The van der Waals surface area contributed by atoms with Crippen molar-refractivity contribution in [3.05, 3.63) is 42.4 Å². The molecule has 2 aliphatic rings. The molecule has 1 saturated heterocycles. The SMILES string of the molecule is O=C(CC1c2ccccc2-c2cncn21)C1CCOCC1. The van der Waals surface area contributed by atoms with Crippen LogP contribution in [0, 0.1) is 5.92 Å². The number of carbonyl (C=O) groups is 1. The van der Waals surface area contributed by atoms with Gasteiger partial charge in [-0.25, -0.2) is 4.98 Å². The van der Waals surface area contributed by atoms with Crippen molar-refractivity contribution in [2.24, 2.45) is 5.92 Å². The molecule has 108 valence electrons. The Kier molecular flexibility index (Phi) is 3.11. The van der Waals surface area contributed by atoms with Gasteiger partial charge in [0.05, 0.1) is 24.3 Å². The highest BCUT2D eigenvalue weighted by Gasteiger charge is 2.32. The number of ketones is 1. The van der Waals surface area contributed by atoms with Gasteiger partial charge in [0.15, 0.2) is 0 Å². The third-order valence-electron chi connectivity index (χ3n) is 4.67. The maximum atomic E-state index is 12.6. The van der Waals surface area contributed by atoms with Crippen molar-refractivity contribution >= 4 is 5.78 Å². The molecule has 1 fully saturated rings. The molecule has 0 N–H and O–H groups in total. The summed E-state index contributed by atoms with van der Waals surface area (Å²) in [4.78, 5) is 16.9. The van der Waals surface area contributed by atoms with E-state index in [1.54, 1.807) is 0 Å². The smallest absolute Gasteiger partial charge is 0.138 e. The number of Topliss-reactive ketones (excluding diaryl/α,β-unsaturated/α-hetero) is 1. The molecule has 4 nitrogen and oxygen atoms in total. The first-order valence-electron chi connectivity index (χ1n) is 7.56. The van der Waals surface area contributed by atoms with Gasteiger partial charge in [-0.1, -0.05) is 24.3 Å². The van der Waals surface area contributed by atoms with Gasteiger partial charge in [0.25, 0.3) is 0 Å². The first-order chi connectivity index (χ1) is 10.3. The Morgan fingerprint density at radius 1 is 1.29 bits per heavy atom. The lowest BCUT2D eigenvalue weighted by Gasteiger charge is -2.23. The van der Waals surface area contributed by atoms with E-state index in [2.05, 4.69) is 21.7 Å². The Labute approximate surface area is 123 Å². The van der Waals surface area contributed by atoms with E-state index in [1.165, 1.54) is 11.1 Å². The van der Waals surface area contributed by atoms with E-state index in [1.807, 2.05) is 24.7 Å². The minimum Gasteiger partial charge on any atom is -0.381 e. The average molecular weight is 282 g/mol. The van der Waals surface area contributed by atoms with Crippen LogP contribution in [0.1, 0.15) is 30.9 Å². The number of rotatable bonds is 3. The van der Waals surface area contributed by atoms with E-state index in [0.717, 1.165) is 18.5 Å². The van der Waals surface area contributed by atoms with Crippen molar-refractivity contribution in [2.75, 3.05) is 13.2 Å². The van der Waals surface area contributed by atoms with Crippen molar-refractivity contribution in [3.8, 4) is 11.3 Å². The second-order valence-electron chi connectivity index (χ2n) is 5.85. The van der Waals surface area contributed by atoms with Crippen molar-refractivity contribution in [1.29, 1.82) is 0 Å². The summed E-state index contributed by atoms with van der Waals surface area (Å²) in [5, 5.41) is 0. The third-order valence-corrected chi connectivity index (χ3v) is 4.67. The quantitative estimate of drug-likeness (QED) is 0.869. The molecule has 0 bridgehead atoms. The van der Waals surface area contributed by atoms with E-state index < -0.39 is 0 Å². The van der Waals surface area contributed by atoms with Crippen LogP contribution in [0.4, 0.5) is 0 Å². The van der Waals surface area contributed by atoms with E-state index in [0.29, 0.717) is 25.4 Å². The molecule has 1 unspecified atom stereocenters. The van der Waals surface area contributed by atoms with Crippen molar-refractivity contribution in [2.45, 2.75) is 25.3 Å². The van der Waals surface area contributed by atoms with Crippen molar-refractivity contribution in [3.63, 3.8) is 0 Å². The van der Waals surface area contributed by atoms with Crippen LogP contribution >= 0.6 is 0 Å². The number of fused-ring (bicyclic) bond motifs is 3. The summed E-state index contributed by atoms with van der Waals surface area (Å²) in [6, 6.07) is 8.43. The van der Waals surface area contributed by atoms with E-state index in [4.69, 9.17) is 4.74 Å². The van der Waals surface area contributed by atoms with Gasteiger partial charge in [0.1, 0.15) is 5.78 Å². The maximum Gasteiger partial charge on any atom is 0.138 e. The zero-order chi connectivity index (χ0) is 14.2. The van der Waals surface area contributed by atoms with Gasteiger partial charge in [-0.15, -0.1) is 0 Å². The van der Waals surface area contributed by atoms with Gasteiger partial charge < -0.3 is 9.30 Å². The first kappa shape index (κ1) is 12.8. The summed E-state index contributed by atoms with van der Waals surface area (Å²) in [5.41, 5.74) is 3.57. The number of ether oxygens (including phenoxy) is 1. The highest BCUT2D eigenvalue weighted by molar-refractivity contribution is 5.83. The standard InChI is InChI=1S/C17H18N2O2/c20-17(12-5-7-21-8-6-12)9-15-13-3-1-2-4-14(13)16-10-18-11-19(15)16/h1-4,10-12,15H,5-9H2. The molecule has 3 heterocycles. The molecular formula is C17H18N2O2. The highest BCUT2D eigenvalue weighted by Crippen LogP contribution is 2.41. The van der Waals surface area contributed by atoms with Crippen LogP contribution < -0.4 is 0 Å². The predicted octanol–water partition coefficient (Wildman–Crippen LogP) is 2.84. The Morgan fingerprint density at radius 2 is 2.10 bits per heavy atom. The van der Waals surface area contributed by atoms with Crippen molar-refractivity contribution in [1.82, 2.24) is 9.55 Å². The fourth-order valence-electron chi connectivity index (χ4n) is 3.52. The molecule has 2 aliphatic heterocycles. The Morgan fingerprint density at radius 3 is 2.95 bits per heavy atom. The Balaban J connectivity index is 1.62. The molecule has 21 heavy (non-hydrogen) atoms. The lowest BCUT2D eigenvalue weighted by Crippen LogP contribution is -2.25. The highest BCUT2D eigenvalue weighted by atomic mass is 16.5. The minimum atomic E-state index is 0.106. The van der Waals surface area contributed by atoms with Crippen LogP contribution in [0.25, 0.3) is 11.3 Å². The van der Waals surface area contributed by atoms with Gasteiger partial charge in [-0.2, -0.15) is 0 Å². The molecule has 1 atom stereocenters. The Hall–Kier alpha value is -1.94. The summed E-state index contributed by atoms with van der Waals surface area (Å²) in [6.45, 7) is 1.43. The second kappa shape index (κ2) is 5.11. The Bertz CT molecular complexity index is 671. The molecule has 4 heteroatoms. The molecule has 0 radical (unpaired) electrons. The summed E-state index contributed by atoms with van der Waals surface area (Å²) >= 11 is 0. The second-order valence-corrected chi connectivity index (χ2v) is 5.85. The number of aromatic nitrogens is 2. The third kappa shape index (κ3) is 2.10. The van der Waals surface area contributed by atoms with Crippen LogP contribution in [0.3, 0.4) is 0 Å². The molecule has 1 aromatic heterocycles. The number of hydrogen-bond donors (Lipinski definition) is 0. The van der Waals surface area contributed by atoms with Crippen LogP contribution in [0.5, 0.6) is 0 Å². The molecule has 0 saturated carbocycles. The van der Waals surface area contributed by atoms with E-state index in [-0.39, 0.29) is 12.0 Å². The summed E-state index contributed by atoms with van der Waals surface area (Å²) in [5.74, 6) is 0.526. The number of imidazole rings is 1. The van der Waals surface area contributed by atoms with Crippen LogP contribution in [-0.2, 0) is 9.53 Å².